The van der Waals surface area contributed by atoms with Crippen LogP contribution in [0.25, 0.3) is 0 Å². The summed E-state index contributed by atoms with van der Waals surface area (Å²) in [4.78, 5) is 33.7. The van der Waals surface area contributed by atoms with Crippen molar-refractivity contribution >= 4 is 21.8 Å². The summed E-state index contributed by atoms with van der Waals surface area (Å²) in [6.07, 6.45) is 1.13. The van der Waals surface area contributed by atoms with Crippen LogP contribution in [-0.4, -0.2) is 60.7 Å². The molecule has 10 heteroatoms. The number of hydrogen-bond acceptors (Lipinski definition) is 7. The van der Waals surface area contributed by atoms with Crippen LogP contribution >= 0.6 is 0 Å². The topological polar surface area (TPSA) is 123 Å². The summed E-state index contributed by atoms with van der Waals surface area (Å²) in [6.45, 7) is 6.19. The maximum absolute atomic E-state index is 13.4. The highest BCUT2D eigenvalue weighted by molar-refractivity contribution is 7.90. The van der Waals surface area contributed by atoms with Gasteiger partial charge in [-0.3, -0.25) is 19.5 Å². The number of aromatic nitrogens is 1. The SMILES string of the molecule is Cc1ncc(S(=O)(=O)NC(=O)c2ccc(C#N)cc2)cc1C(=O)N1CCN(Cc2ccccc2)C(C)C1. The summed E-state index contributed by atoms with van der Waals surface area (Å²) in [5.74, 6) is -1.15. The maximum Gasteiger partial charge on any atom is 0.265 e. The van der Waals surface area contributed by atoms with E-state index < -0.39 is 15.9 Å². The molecule has 2 amide bonds. The number of sulfonamides is 1. The molecular formula is C27H27N5O4S. The Balaban J connectivity index is 1.47. The van der Waals surface area contributed by atoms with Crippen molar-refractivity contribution in [3.63, 3.8) is 0 Å². The summed E-state index contributed by atoms with van der Waals surface area (Å²) in [6, 6.07) is 19.0. The van der Waals surface area contributed by atoms with E-state index in [1.807, 2.05) is 29.0 Å². The van der Waals surface area contributed by atoms with Crippen molar-refractivity contribution in [2.45, 2.75) is 31.3 Å². The Morgan fingerprint density at radius 2 is 1.81 bits per heavy atom. The number of aryl methyl sites for hydroxylation is 1. The second kappa shape index (κ2) is 10.9. The molecule has 0 bridgehead atoms. The molecule has 4 rings (SSSR count). The number of carbonyl (C=O) groups is 2. The monoisotopic (exact) mass is 517 g/mol. The van der Waals surface area contributed by atoms with Gasteiger partial charge in [-0.15, -0.1) is 0 Å². The first-order valence-corrected chi connectivity index (χ1v) is 13.3. The van der Waals surface area contributed by atoms with Crippen LogP contribution in [0.4, 0.5) is 0 Å². The highest BCUT2D eigenvalue weighted by Crippen LogP contribution is 2.20. The number of piperazine rings is 1. The van der Waals surface area contributed by atoms with E-state index in [1.54, 1.807) is 11.8 Å². The lowest BCUT2D eigenvalue weighted by Gasteiger charge is -2.40. The molecule has 1 N–H and O–H groups in total. The number of benzene rings is 2. The smallest absolute Gasteiger partial charge is 0.265 e. The third-order valence-corrected chi connectivity index (χ3v) is 7.68. The zero-order chi connectivity index (χ0) is 26.6. The fourth-order valence-corrected chi connectivity index (χ4v) is 5.16. The van der Waals surface area contributed by atoms with E-state index in [-0.39, 0.29) is 28.0 Å². The number of nitrogens with one attached hydrogen (secondary N) is 1. The fraction of sp³-hybridized carbons (Fsp3) is 0.259. The molecular weight excluding hydrogens is 490 g/mol. The van der Waals surface area contributed by atoms with Gasteiger partial charge in [-0.1, -0.05) is 30.3 Å². The molecule has 0 radical (unpaired) electrons. The predicted octanol–water partition coefficient (Wildman–Crippen LogP) is 2.73. The maximum atomic E-state index is 13.4. The van der Waals surface area contributed by atoms with Crippen molar-refractivity contribution in [2.75, 3.05) is 19.6 Å². The van der Waals surface area contributed by atoms with Gasteiger partial charge in [0.05, 0.1) is 22.9 Å². The highest BCUT2D eigenvalue weighted by atomic mass is 32.2. The standard InChI is InChI=1S/C27H27N5O4S/c1-19-17-32(13-12-31(19)18-22-6-4-3-5-7-22)27(34)25-14-24(16-29-20(25)2)37(35,36)30-26(33)23-10-8-21(15-28)9-11-23/h3-11,14,16,19H,12-13,17-18H2,1-2H3,(H,30,33). The van der Waals surface area contributed by atoms with E-state index in [4.69, 9.17) is 5.26 Å². The van der Waals surface area contributed by atoms with Gasteiger partial charge in [-0.05, 0) is 49.7 Å². The lowest BCUT2D eigenvalue weighted by Crippen LogP contribution is -2.53. The van der Waals surface area contributed by atoms with Crippen LogP contribution in [0.15, 0.2) is 71.8 Å². The van der Waals surface area contributed by atoms with Gasteiger partial charge in [-0.2, -0.15) is 5.26 Å². The Labute approximate surface area is 216 Å². The number of rotatable bonds is 6. The van der Waals surface area contributed by atoms with Crippen molar-refractivity contribution in [2.24, 2.45) is 0 Å². The number of nitrogens with zero attached hydrogens (tertiary/aromatic N) is 4. The van der Waals surface area contributed by atoms with Crippen molar-refractivity contribution in [1.82, 2.24) is 19.5 Å². The van der Waals surface area contributed by atoms with Crippen molar-refractivity contribution < 1.29 is 18.0 Å². The van der Waals surface area contributed by atoms with Crippen LogP contribution < -0.4 is 4.72 Å². The van der Waals surface area contributed by atoms with Gasteiger partial charge >= 0.3 is 0 Å². The van der Waals surface area contributed by atoms with E-state index in [0.717, 1.165) is 12.7 Å². The van der Waals surface area contributed by atoms with E-state index in [9.17, 15) is 18.0 Å². The van der Waals surface area contributed by atoms with Crippen LogP contribution in [-0.2, 0) is 16.6 Å². The third-order valence-electron chi connectivity index (χ3n) is 6.39. The molecule has 0 saturated carbocycles. The van der Waals surface area contributed by atoms with Crippen LogP contribution in [0.2, 0.25) is 0 Å². The lowest BCUT2D eigenvalue weighted by molar-refractivity contribution is 0.0494. The zero-order valence-electron chi connectivity index (χ0n) is 20.6. The molecule has 1 fully saturated rings. The lowest BCUT2D eigenvalue weighted by atomic mass is 10.1. The predicted molar refractivity (Wildman–Crippen MR) is 137 cm³/mol. The van der Waals surface area contributed by atoms with E-state index in [0.29, 0.717) is 30.9 Å². The molecule has 37 heavy (non-hydrogen) atoms. The number of pyridine rings is 1. The fourth-order valence-electron chi connectivity index (χ4n) is 4.22. The van der Waals surface area contributed by atoms with Crippen LogP contribution in [0.3, 0.4) is 0 Å². The van der Waals surface area contributed by atoms with E-state index in [1.165, 1.54) is 35.9 Å². The second-order valence-corrected chi connectivity index (χ2v) is 10.7. The third kappa shape index (κ3) is 6.02. The molecule has 9 nitrogen and oxygen atoms in total. The first kappa shape index (κ1) is 26.0. The summed E-state index contributed by atoms with van der Waals surface area (Å²) < 4.78 is 27.8. The molecule has 1 aliphatic rings. The van der Waals surface area contributed by atoms with Gasteiger partial charge in [0.1, 0.15) is 4.90 Å². The first-order chi connectivity index (χ1) is 17.7. The van der Waals surface area contributed by atoms with Gasteiger partial charge < -0.3 is 4.90 Å². The second-order valence-electron chi connectivity index (χ2n) is 8.98. The highest BCUT2D eigenvalue weighted by Gasteiger charge is 2.29. The molecule has 1 aromatic heterocycles. The molecule has 190 valence electrons. The molecule has 0 aliphatic carbocycles. The average Bonchev–Trinajstić information content (AvgIpc) is 2.90. The molecule has 1 aliphatic heterocycles. The summed E-state index contributed by atoms with van der Waals surface area (Å²) >= 11 is 0. The van der Waals surface area contributed by atoms with Gasteiger partial charge in [0.2, 0.25) is 0 Å². The average molecular weight is 518 g/mol. The largest absolute Gasteiger partial charge is 0.336 e. The van der Waals surface area contributed by atoms with Gasteiger partial charge in [0.25, 0.3) is 21.8 Å². The molecule has 3 aromatic rings. The number of carbonyl (C=O) groups excluding carboxylic acids is 2. The Morgan fingerprint density at radius 3 is 2.46 bits per heavy atom. The van der Waals surface area contributed by atoms with Crippen molar-refractivity contribution in [1.29, 1.82) is 5.26 Å². The normalized spacial score (nSPS) is 16.1. The quantitative estimate of drug-likeness (QED) is 0.533. The minimum atomic E-state index is -4.29. The summed E-state index contributed by atoms with van der Waals surface area (Å²) in [5, 5.41) is 8.89. The van der Waals surface area contributed by atoms with Crippen molar-refractivity contribution in [3.8, 4) is 6.07 Å². The number of hydrogen-bond donors (Lipinski definition) is 1. The Morgan fingerprint density at radius 1 is 1.11 bits per heavy atom. The van der Waals surface area contributed by atoms with Crippen LogP contribution in [0.5, 0.6) is 0 Å². The number of nitriles is 1. The molecule has 2 heterocycles. The zero-order valence-corrected chi connectivity index (χ0v) is 21.4. The van der Waals surface area contributed by atoms with Gasteiger partial charge in [0.15, 0.2) is 0 Å². The molecule has 2 aromatic carbocycles. The summed E-state index contributed by atoms with van der Waals surface area (Å²) in [7, 11) is -4.29. The van der Waals surface area contributed by atoms with Gasteiger partial charge in [0, 0.05) is 44.0 Å². The Kier molecular flexibility index (Phi) is 7.66. The van der Waals surface area contributed by atoms with Gasteiger partial charge in [-0.25, -0.2) is 13.1 Å². The molecule has 0 spiro atoms. The first-order valence-electron chi connectivity index (χ1n) is 11.8. The summed E-state index contributed by atoms with van der Waals surface area (Å²) in [5.41, 5.74) is 2.22. The minimum Gasteiger partial charge on any atom is -0.336 e. The van der Waals surface area contributed by atoms with Crippen LogP contribution in [0.1, 0.15) is 44.5 Å². The molecule has 1 unspecified atom stereocenters. The number of amides is 2. The Bertz CT molecular complexity index is 1450. The van der Waals surface area contributed by atoms with E-state index >= 15 is 0 Å². The molecule has 1 saturated heterocycles. The van der Waals surface area contributed by atoms with E-state index in [2.05, 4.69) is 28.9 Å². The minimum absolute atomic E-state index is 0.0845. The van der Waals surface area contributed by atoms with Crippen molar-refractivity contribution in [3.05, 3.63) is 94.8 Å². The molecule has 1 atom stereocenters. The van der Waals surface area contributed by atoms with Crippen LogP contribution in [0, 0.1) is 18.3 Å². The Hall–Kier alpha value is -4.07.